The van der Waals surface area contributed by atoms with E-state index in [0.717, 1.165) is 0 Å². The van der Waals surface area contributed by atoms with Crippen LogP contribution in [0.3, 0.4) is 0 Å². The maximum atomic E-state index is 11.0. The van der Waals surface area contributed by atoms with Gasteiger partial charge in [0.25, 0.3) is 0 Å². The molecule has 0 unspecified atom stereocenters. The van der Waals surface area contributed by atoms with Gasteiger partial charge in [-0.1, -0.05) is 6.08 Å². The Hall–Kier alpha value is -0.990. The minimum Gasteiger partial charge on any atom is -0.490 e. The second-order valence-corrected chi connectivity index (χ2v) is 3.37. The second kappa shape index (κ2) is 4.80. The second-order valence-electron chi connectivity index (χ2n) is 3.37. The van der Waals surface area contributed by atoms with Crippen molar-refractivity contribution in [3.8, 4) is 0 Å². The molecule has 0 aliphatic rings. The largest absolute Gasteiger partial charge is 0.490 e. The third-order valence-electron chi connectivity index (χ3n) is 0.854. The molecule has 0 bridgehead atoms. The molecule has 0 aliphatic carbocycles. The van der Waals surface area contributed by atoms with Crippen LogP contribution in [0.4, 0.5) is 0 Å². The van der Waals surface area contributed by atoms with Crippen molar-refractivity contribution in [2.75, 3.05) is 6.61 Å². The standard InChI is InChI=1S/C9H16O3/c1-5-6-11-7-8(10)12-9(2,3)4/h5-6H,7H2,1-4H3/b6-5+. The molecular weight excluding hydrogens is 156 g/mol. The van der Waals surface area contributed by atoms with Crippen LogP contribution in [0.2, 0.25) is 0 Å². The molecule has 0 spiro atoms. The molecule has 0 heterocycles. The van der Waals surface area contributed by atoms with Crippen LogP contribution in [0.15, 0.2) is 12.3 Å². The van der Waals surface area contributed by atoms with Gasteiger partial charge in [0.1, 0.15) is 5.60 Å². The molecule has 70 valence electrons. The number of allylic oxidation sites excluding steroid dienone is 1. The molecular formula is C9H16O3. The first-order valence-electron chi connectivity index (χ1n) is 3.90. The molecule has 0 atom stereocenters. The van der Waals surface area contributed by atoms with Gasteiger partial charge in [-0.2, -0.15) is 0 Å². The van der Waals surface area contributed by atoms with E-state index in [1.54, 1.807) is 6.08 Å². The monoisotopic (exact) mass is 172 g/mol. The summed E-state index contributed by atoms with van der Waals surface area (Å²) in [7, 11) is 0. The highest BCUT2D eigenvalue weighted by Gasteiger charge is 2.15. The molecule has 0 aromatic carbocycles. The molecule has 0 saturated heterocycles. The lowest BCUT2D eigenvalue weighted by Gasteiger charge is -2.18. The molecule has 0 rings (SSSR count). The van der Waals surface area contributed by atoms with Crippen LogP contribution in [0.1, 0.15) is 27.7 Å². The highest BCUT2D eigenvalue weighted by molar-refractivity contribution is 5.71. The SMILES string of the molecule is C/C=C/OCC(=O)OC(C)(C)C. The van der Waals surface area contributed by atoms with E-state index < -0.39 is 5.60 Å². The van der Waals surface area contributed by atoms with E-state index in [9.17, 15) is 4.79 Å². The Morgan fingerprint density at radius 3 is 2.42 bits per heavy atom. The fourth-order valence-electron chi connectivity index (χ4n) is 0.583. The Morgan fingerprint density at radius 1 is 1.42 bits per heavy atom. The zero-order chi connectivity index (χ0) is 9.61. The van der Waals surface area contributed by atoms with E-state index in [0.29, 0.717) is 0 Å². The van der Waals surface area contributed by atoms with Crippen molar-refractivity contribution in [1.82, 2.24) is 0 Å². The molecule has 0 fully saturated rings. The van der Waals surface area contributed by atoms with Gasteiger partial charge < -0.3 is 9.47 Å². The van der Waals surface area contributed by atoms with Gasteiger partial charge >= 0.3 is 5.97 Å². The van der Waals surface area contributed by atoms with Gasteiger partial charge in [-0.25, -0.2) is 4.79 Å². The first-order valence-corrected chi connectivity index (χ1v) is 3.90. The third kappa shape index (κ3) is 7.12. The smallest absolute Gasteiger partial charge is 0.344 e. The summed E-state index contributed by atoms with van der Waals surface area (Å²) in [6.07, 6.45) is 3.17. The topological polar surface area (TPSA) is 35.5 Å². The Kier molecular flexibility index (Phi) is 4.40. The minimum atomic E-state index is -0.434. The molecule has 0 aromatic heterocycles. The summed E-state index contributed by atoms with van der Waals surface area (Å²) in [5.41, 5.74) is -0.434. The minimum absolute atomic E-state index is 0.0262. The van der Waals surface area contributed by atoms with E-state index in [-0.39, 0.29) is 12.6 Å². The number of carbonyl (C=O) groups excluding carboxylic acids is 1. The molecule has 3 heteroatoms. The summed E-state index contributed by atoms with van der Waals surface area (Å²) >= 11 is 0. The van der Waals surface area contributed by atoms with Crippen molar-refractivity contribution in [3.63, 3.8) is 0 Å². The lowest BCUT2D eigenvalue weighted by molar-refractivity contribution is -0.158. The summed E-state index contributed by atoms with van der Waals surface area (Å²) in [4.78, 5) is 11.0. The van der Waals surface area contributed by atoms with Crippen LogP contribution < -0.4 is 0 Å². The molecule has 0 amide bonds. The predicted molar refractivity (Wildman–Crippen MR) is 46.6 cm³/mol. The Balaban J connectivity index is 3.61. The zero-order valence-electron chi connectivity index (χ0n) is 8.09. The van der Waals surface area contributed by atoms with E-state index in [2.05, 4.69) is 0 Å². The van der Waals surface area contributed by atoms with Gasteiger partial charge in [0.15, 0.2) is 6.61 Å². The fourth-order valence-corrected chi connectivity index (χ4v) is 0.583. The zero-order valence-corrected chi connectivity index (χ0v) is 8.09. The Morgan fingerprint density at radius 2 is 2.00 bits per heavy atom. The van der Waals surface area contributed by atoms with Crippen molar-refractivity contribution < 1.29 is 14.3 Å². The summed E-state index contributed by atoms with van der Waals surface area (Å²) < 4.78 is 9.82. The molecule has 0 aliphatic heterocycles. The van der Waals surface area contributed by atoms with Crippen LogP contribution >= 0.6 is 0 Å². The Labute approximate surface area is 73.4 Å². The molecule has 0 aromatic rings. The van der Waals surface area contributed by atoms with Crippen molar-refractivity contribution in [2.45, 2.75) is 33.3 Å². The molecule has 0 radical (unpaired) electrons. The van der Waals surface area contributed by atoms with E-state index in [1.807, 2.05) is 27.7 Å². The molecule has 0 N–H and O–H groups in total. The van der Waals surface area contributed by atoms with Crippen LogP contribution in [0.5, 0.6) is 0 Å². The van der Waals surface area contributed by atoms with Crippen molar-refractivity contribution in [2.24, 2.45) is 0 Å². The van der Waals surface area contributed by atoms with E-state index in [4.69, 9.17) is 9.47 Å². The number of rotatable bonds is 3. The average Bonchev–Trinajstić information content (AvgIpc) is 1.84. The van der Waals surface area contributed by atoms with Crippen molar-refractivity contribution >= 4 is 5.97 Å². The van der Waals surface area contributed by atoms with Crippen LogP contribution in [0.25, 0.3) is 0 Å². The van der Waals surface area contributed by atoms with Gasteiger partial charge in [-0.3, -0.25) is 0 Å². The highest BCUT2D eigenvalue weighted by atomic mass is 16.6. The number of hydrogen-bond acceptors (Lipinski definition) is 3. The first-order chi connectivity index (χ1) is 5.45. The number of carbonyl (C=O) groups is 1. The van der Waals surface area contributed by atoms with Gasteiger partial charge in [-0.15, -0.1) is 0 Å². The van der Waals surface area contributed by atoms with Crippen molar-refractivity contribution in [3.05, 3.63) is 12.3 Å². The Bertz CT molecular complexity index is 165. The maximum absolute atomic E-state index is 11.0. The maximum Gasteiger partial charge on any atom is 0.344 e. The normalized spacial score (nSPS) is 11.7. The molecule has 12 heavy (non-hydrogen) atoms. The van der Waals surface area contributed by atoms with Gasteiger partial charge in [0.2, 0.25) is 0 Å². The summed E-state index contributed by atoms with van der Waals surface area (Å²) in [6, 6.07) is 0. The molecule has 3 nitrogen and oxygen atoms in total. The van der Waals surface area contributed by atoms with E-state index >= 15 is 0 Å². The van der Waals surface area contributed by atoms with Crippen LogP contribution in [0, 0.1) is 0 Å². The lowest BCUT2D eigenvalue weighted by Crippen LogP contribution is -2.26. The van der Waals surface area contributed by atoms with Gasteiger partial charge in [-0.05, 0) is 27.7 Å². The average molecular weight is 172 g/mol. The highest BCUT2D eigenvalue weighted by Crippen LogP contribution is 2.06. The van der Waals surface area contributed by atoms with E-state index in [1.165, 1.54) is 6.26 Å². The summed E-state index contributed by atoms with van der Waals surface area (Å²) in [5, 5.41) is 0. The quantitative estimate of drug-likeness (QED) is 0.481. The van der Waals surface area contributed by atoms with Gasteiger partial charge in [0, 0.05) is 0 Å². The third-order valence-corrected chi connectivity index (χ3v) is 0.854. The molecule has 0 saturated carbocycles. The number of hydrogen-bond donors (Lipinski definition) is 0. The summed E-state index contributed by atoms with van der Waals surface area (Å²) in [6.45, 7) is 7.25. The van der Waals surface area contributed by atoms with Crippen LogP contribution in [-0.2, 0) is 14.3 Å². The van der Waals surface area contributed by atoms with Crippen molar-refractivity contribution in [1.29, 1.82) is 0 Å². The first kappa shape index (κ1) is 11.0. The van der Waals surface area contributed by atoms with Gasteiger partial charge in [0.05, 0.1) is 6.26 Å². The number of esters is 1. The lowest BCUT2D eigenvalue weighted by atomic mass is 10.2. The predicted octanol–water partition coefficient (Wildman–Crippen LogP) is 1.88. The number of ether oxygens (including phenoxy) is 2. The fraction of sp³-hybridized carbons (Fsp3) is 0.667. The summed E-state index contributed by atoms with van der Waals surface area (Å²) in [5.74, 6) is -0.347. The van der Waals surface area contributed by atoms with Crippen LogP contribution in [-0.4, -0.2) is 18.2 Å².